The zero-order chi connectivity index (χ0) is 14.8. The van der Waals surface area contributed by atoms with Gasteiger partial charge in [0.25, 0.3) is 0 Å². The van der Waals surface area contributed by atoms with Crippen molar-refractivity contribution in [3.8, 4) is 5.75 Å². The molecule has 114 valence electrons. The highest BCUT2D eigenvalue weighted by molar-refractivity contribution is 9.10. The summed E-state index contributed by atoms with van der Waals surface area (Å²) in [6.07, 6.45) is 6.02. The van der Waals surface area contributed by atoms with Crippen molar-refractivity contribution >= 4 is 27.5 Å². The summed E-state index contributed by atoms with van der Waals surface area (Å²) in [5.74, 6) is 0.834. The molecule has 4 heteroatoms. The van der Waals surface area contributed by atoms with Crippen LogP contribution in [-0.4, -0.2) is 20.3 Å². The van der Waals surface area contributed by atoms with Crippen LogP contribution < -0.4 is 4.74 Å². The average Bonchev–Trinajstić information content (AvgIpc) is 2.45. The molecule has 0 aliphatic heterocycles. The number of methoxy groups -OCH3 is 1. The minimum Gasteiger partial charge on any atom is -0.490 e. The molecular weight excluding hydrogens is 340 g/mol. The maximum absolute atomic E-state index is 6.45. The number of ether oxygens (including phenoxy) is 2. The number of halogens is 2. The highest BCUT2D eigenvalue weighted by Crippen LogP contribution is 2.33. The van der Waals surface area contributed by atoms with Crippen molar-refractivity contribution in [3.05, 3.63) is 28.2 Å². The van der Waals surface area contributed by atoms with Crippen LogP contribution in [0.4, 0.5) is 0 Å². The molecule has 0 radical (unpaired) electrons. The first-order valence-corrected chi connectivity index (χ1v) is 8.47. The minimum atomic E-state index is 0.0798. The molecule has 1 rings (SSSR count). The third-order valence-electron chi connectivity index (χ3n) is 3.17. The van der Waals surface area contributed by atoms with Crippen LogP contribution in [0.1, 0.15) is 50.0 Å². The van der Waals surface area contributed by atoms with Crippen LogP contribution in [0.5, 0.6) is 5.75 Å². The Morgan fingerprint density at radius 3 is 2.65 bits per heavy atom. The number of hydrogen-bond donors (Lipinski definition) is 0. The molecule has 0 N–H and O–H groups in total. The second kappa shape index (κ2) is 10.5. The van der Waals surface area contributed by atoms with Crippen molar-refractivity contribution in [3.63, 3.8) is 0 Å². The van der Waals surface area contributed by atoms with E-state index in [1.807, 2.05) is 12.1 Å². The van der Waals surface area contributed by atoms with Crippen LogP contribution in [0.2, 0.25) is 0 Å². The summed E-state index contributed by atoms with van der Waals surface area (Å²) in [7, 11) is 1.66. The summed E-state index contributed by atoms with van der Waals surface area (Å²) in [5, 5.41) is 0.0798. The lowest BCUT2D eigenvalue weighted by Gasteiger charge is -2.13. The van der Waals surface area contributed by atoms with E-state index >= 15 is 0 Å². The molecule has 0 heterocycles. The van der Waals surface area contributed by atoms with Crippen molar-refractivity contribution < 1.29 is 9.47 Å². The molecular formula is C16H24BrClO2. The number of unbranched alkanes of at least 4 members (excludes halogenated alkanes) is 3. The molecule has 1 unspecified atom stereocenters. The number of hydrogen-bond acceptors (Lipinski definition) is 2. The van der Waals surface area contributed by atoms with E-state index in [1.165, 1.54) is 25.7 Å². The zero-order valence-electron chi connectivity index (χ0n) is 12.3. The summed E-state index contributed by atoms with van der Waals surface area (Å²) in [6, 6.07) is 6.07. The van der Waals surface area contributed by atoms with E-state index in [4.69, 9.17) is 21.1 Å². The fraction of sp³-hybridized carbons (Fsp3) is 0.625. The lowest BCUT2D eigenvalue weighted by atomic mass is 10.0. The van der Waals surface area contributed by atoms with E-state index in [1.54, 1.807) is 7.11 Å². The Bertz CT molecular complexity index is 385. The monoisotopic (exact) mass is 362 g/mol. The zero-order valence-corrected chi connectivity index (χ0v) is 14.7. The van der Waals surface area contributed by atoms with Gasteiger partial charge in [-0.05, 0) is 40.0 Å². The fourth-order valence-electron chi connectivity index (χ4n) is 1.98. The van der Waals surface area contributed by atoms with Gasteiger partial charge in [-0.15, -0.1) is 11.6 Å². The fourth-order valence-corrected chi connectivity index (χ4v) is 2.78. The van der Waals surface area contributed by atoms with E-state index in [9.17, 15) is 0 Å². The van der Waals surface area contributed by atoms with Gasteiger partial charge in [0, 0.05) is 7.11 Å². The quantitative estimate of drug-likeness (QED) is 0.391. The van der Waals surface area contributed by atoms with Crippen molar-refractivity contribution in [1.82, 2.24) is 0 Å². The maximum atomic E-state index is 6.45. The van der Waals surface area contributed by atoms with Gasteiger partial charge in [-0.25, -0.2) is 0 Å². The molecule has 0 amide bonds. The molecule has 20 heavy (non-hydrogen) atoms. The van der Waals surface area contributed by atoms with E-state index in [0.29, 0.717) is 13.2 Å². The third kappa shape index (κ3) is 6.47. The topological polar surface area (TPSA) is 18.5 Å². The number of benzene rings is 1. The van der Waals surface area contributed by atoms with E-state index in [0.717, 1.165) is 22.2 Å². The lowest BCUT2D eigenvalue weighted by Crippen LogP contribution is -2.04. The lowest BCUT2D eigenvalue weighted by molar-refractivity contribution is 0.146. The predicted molar refractivity (Wildman–Crippen MR) is 88.9 cm³/mol. The number of rotatable bonds is 10. The van der Waals surface area contributed by atoms with Gasteiger partial charge < -0.3 is 9.47 Å². The van der Waals surface area contributed by atoms with Crippen molar-refractivity contribution in [2.45, 2.75) is 44.4 Å². The van der Waals surface area contributed by atoms with Crippen molar-refractivity contribution in [2.75, 3.05) is 20.3 Å². The first kappa shape index (κ1) is 17.8. The Morgan fingerprint density at radius 2 is 2.00 bits per heavy atom. The minimum absolute atomic E-state index is 0.0798. The molecule has 2 nitrogen and oxygen atoms in total. The van der Waals surface area contributed by atoms with E-state index in [-0.39, 0.29) is 5.38 Å². The first-order valence-electron chi connectivity index (χ1n) is 7.24. The molecule has 1 aromatic carbocycles. The molecule has 0 aliphatic rings. The van der Waals surface area contributed by atoms with Gasteiger partial charge in [0.05, 0.1) is 16.5 Å². The molecule has 0 spiro atoms. The SMILES string of the molecule is CCCCCCC(Cl)c1ccc(OCCOC)c(Br)c1. The van der Waals surface area contributed by atoms with Crippen LogP contribution in [0.3, 0.4) is 0 Å². The summed E-state index contributed by atoms with van der Waals surface area (Å²) < 4.78 is 11.5. The third-order valence-corrected chi connectivity index (χ3v) is 4.26. The van der Waals surface area contributed by atoms with E-state index in [2.05, 4.69) is 28.9 Å². The second-order valence-electron chi connectivity index (χ2n) is 4.85. The van der Waals surface area contributed by atoms with Crippen molar-refractivity contribution in [2.24, 2.45) is 0 Å². The smallest absolute Gasteiger partial charge is 0.133 e. The molecule has 1 aromatic rings. The van der Waals surface area contributed by atoms with Crippen LogP contribution in [0, 0.1) is 0 Å². The Labute approximate surface area is 135 Å². The van der Waals surface area contributed by atoms with Crippen LogP contribution in [-0.2, 0) is 4.74 Å². The van der Waals surface area contributed by atoms with Crippen LogP contribution in [0.15, 0.2) is 22.7 Å². The Morgan fingerprint density at radius 1 is 1.20 bits per heavy atom. The normalized spacial score (nSPS) is 12.4. The van der Waals surface area contributed by atoms with Gasteiger partial charge >= 0.3 is 0 Å². The maximum Gasteiger partial charge on any atom is 0.133 e. The first-order chi connectivity index (χ1) is 9.69. The van der Waals surface area contributed by atoms with Gasteiger partial charge in [-0.1, -0.05) is 38.7 Å². The Kier molecular flexibility index (Phi) is 9.32. The van der Waals surface area contributed by atoms with Crippen LogP contribution in [0.25, 0.3) is 0 Å². The van der Waals surface area contributed by atoms with Gasteiger partial charge in [-0.3, -0.25) is 0 Å². The predicted octanol–water partition coefficient (Wildman–Crippen LogP) is 5.72. The Balaban J connectivity index is 2.48. The molecule has 0 saturated heterocycles. The molecule has 0 saturated carbocycles. The molecule has 0 bridgehead atoms. The second-order valence-corrected chi connectivity index (χ2v) is 6.23. The summed E-state index contributed by atoms with van der Waals surface area (Å²) in [5.41, 5.74) is 1.15. The molecule has 1 atom stereocenters. The van der Waals surface area contributed by atoms with Gasteiger partial charge in [-0.2, -0.15) is 0 Å². The number of alkyl halides is 1. The largest absolute Gasteiger partial charge is 0.490 e. The standard InChI is InChI=1S/C16H24BrClO2/c1-3-4-5-6-7-15(18)13-8-9-16(14(17)12-13)20-11-10-19-2/h8-9,12,15H,3-7,10-11H2,1-2H3. The summed E-state index contributed by atoms with van der Waals surface area (Å²) in [4.78, 5) is 0. The van der Waals surface area contributed by atoms with E-state index < -0.39 is 0 Å². The molecule has 0 fully saturated rings. The van der Waals surface area contributed by atoms with Gasteiger partial charge in [0.1, 0.15) is 12.4 Å². The van der Waals surface area contributed by atoms with Crippen molar-refractivity contribution in [1.29, 1.82) is 0 Å². The van der Waals surface area contributed by atoms with Gasteiger partial charge in [0.2, 0.25) is 0 Å². The summed E-state index contributed by atoms with van der Waals surface area (Å²) in [6.45, 7) is 3.36. The highest BCUT2D eigenvalue weighted by Gasteiger charge is 2.10. The highest BCUT2D eigenvalue weighted by atomic mass is 79.9. The van der Waals surface area contributed by atoms with Gasteiger partial charge in [0.15, 0.2) is 0 Å². The molecule has 0 aliphatic carbocycles. The summed E-state index contributed by atoms with van der Waals surface area (Å²) >= 11 is 9.99. The van der Waals surface area contributed by atoms with Crippen LogP contribution >= 0.6 is 27.5 Å². The molecule has 0 aromatic heterocycles. The Hall–Kier alpha value is -0.250. The average molecular weight is 364 g/mol.